The van der Waals surface area contributed by atoms with Crippen molar-refractivity contribution in [1.29, 1.82) is 10.5 Å². The fraction of sp³-hybridized carbons (Fsp3) is 0.250. The predicted molar refractivity (Wildman–Crippen MR) is 76.1 cm³/mol. The second-order valence-corrected chi connectivity index (χ2v) is 2.97. The third-order valence-electron chi connectivity index (χ3n) is 2.13. The van der Waals surface area contributed by atoms with Gasteiger partial charge in [0.05, 0.1) is 11.1 Å². The minimum Gasteiger partial charge on any atom is -0.192 e. The molecule has 0 aliphatic heterocycles. The number of benzene rings is 2. The maximum absolute atomic E-state index is 8.81. The first-order valence-corrected chi connectivity index (χ1v) is 6.18. The molecule has 2 aromatic carbocycles. The van der Waals surface area contributed by atoms with Crippen LogP contribution in [0.2, 0.25) is 0 Å². The largest absolute Gasteiger partial charge is 0.192 e. The van der Waals surface area contributed by atoms with E-state index >= 15 is 0 Å². The molecule has 0 fully saturated rings. The highest BCUT2D eigenvalue weighted by Crippen LogP contribution is 2.18. The van der Waals surface area contributed by atoms with Gasteiger partial charge in [-0.05, 0) is 22.9 Å². The summed E-state index contributed by atoms with van der Waals surface area (Å²) in [6, 6.07) is 15.2. The van der Waals surface area contributed by atoms with E-state index in [0.717, 1.165) is 10.8 Å². The standard InChI is InChI=1S/C12H6N2.2C2H6/c13-7-11-5-9-3-1-2-4-10(9)6-12(11)8-14;2*1-2/h1-6H;2*1-2H3. The summed E-state index contributed by atoms with van der Waals surface area (Å²) in [4.78, 5) is 0. The Morgan fingerprint density at radius 3 is 1.33 bits per heavy atom. The molecule has 0 aliphatic rings. The molecule has 0 radical (unpaired) electrons. The van der Waals surface area contributed by atoms with Crippen LogP contribution in [0.1, 0.15) is 38.8 Å². The van der Waals surface area contributed by atoms with Gasteiger partial charge in [-0.1, -0.05) is 52.0 Å². The first kappa shape index (κ1) is 15.7. The van der Waals surface area contributed by atoms with Gasteiger partial charge in [-0.3, -0.25) is 0 Å². The molecule has 92 valence electrons. The van der Waals surface area contributed by atoms with Crippen molar-refractivity contribution in [3.8, 4) is 12.1 Å². The molecule has 2 nitrogen and oxygen atoms in total. The molecular weight excluding hydrogens is 220 g/mol. The topological polar surface area (TPSA) is 47.6 Å². The van der Waals surface area contributed by atoms with Crippen LogP contribution in [0.3, 0.4) is 0 Å². The number of hydrogen-bond acceptors (Lipinski definition) is 2. The van der Waals surface area contributed by atoms with Gasteiger partial charge >= 0.3 is 0 Å². The lowest BCUT2D eigenvalue weighted by Gasteiger charge is -1.99. The quantitative estimate of drug-likeness (QED) is 0.671. The van der Waals surface area contributed by atoms with Crippen LogP contribution in [0.15, 0.2) is 36.4 Å². The van der Waals surface area contributed by atoms with Crippen molar-refractivity contribution in [3.63, 3.8) is 0 Å². The second kappa shape index (κ2) is 8.79. The lowest BCUT2D eigenvalue weighted by molar-refractivity contribution is 1.45. The fourth-order valence-corrected chi connectivity index (χ4v) is 1.43. The average Bonchev–Trinajstić information content (AvgIpc) is 2.49. The summed E-state index contributed by atoms with van der Waals surface area (Å²) in [5.74, 6) is 0. The van der Waals surface area contributed by atoms with Crippen molar-refractivity contribution in [2.75, 3.05) is 0 Å². The van der Waals surface area contributed by atoms with Gasteiger partial charge in [-0.2, -0.15) is 10.5 Å². The molecule has 0 aliphatic carbocycles. The minimum absolute atomic E-state index is 0.436. The van der Waals surface area contributed by atoms with E-state index < -0.39 is 0 Å². The summed E-state index contributed by atoms with van der Waals surface area (Å²) in [6.07, 6.45) is 0. The van der Waals surface area contributed by atoms with Gasteiger partial charge in [0.15, 0.2) is 0 Å². The normalized spacial score (nSPS) is 7.89. The third-order valence-corrected chi connectivity index (χ3v) is 2.13. The van der Waals surface area contributed by atoms with Crippen LogP contribution in [0.4, 0.5) is 0 Å². The van der Waals surface area contributed by atoms with Crippen molar-refractivity contribution >= 4 is 10.8 Å². The summed E-state index contributed by atoms with van der Waals surface area (Å²) in [6.45, 7) is 8.00. The Balaban J connectivity index is 0.000000659. The Hall–Kier alpha value is -2.32. The number of hydrogen-bond donors (Lipinski definition) is 0. The molecule has 0 aromatic heterocycles. The molecule has 18 heavy (non-hydrogen) atoms. The van der Waals surface area contributed by atoms with Crippen LogP contribution < -0.4 is 0 Å². The number of rotatable bonds is 0. The van der Waals surface area contributed by atoms with E-state index in [1.54, 1.807) is 12.1 Å². The Morgan fingerprint density at radius 1 is 0.722 bits per heavy atom. The Morgan fingerprint density at radius 2 is 1.06 bits per heavy atom. The molecule has 0 heterocycles. The van der Waals surface area contributed by atoms with E-state index in [4.69, 9.17) is 10.5 Å². The van der Waals surface area contributed by atoms with E-state index in [9.17, 15) is 0 Å². The van der Waals surface area contributed by atoms with Gasteiger partial charge in [-0.15, -0.1) is 0 Å². The van der Waals surface area contributed by atoms with Crippen LogP contribution in [0, 0.1) is 22.7 Å². The van der Waals surface area contributed by atoms with Gasteiger partial charge in [0.1, 0.15) is 12.1 Å². The maximum atomic E-state index is 8.81. The van der Waals surface area contributed by atoms with Gasteiger partial charge in [0, 0.05) is 0 Å². The van der Waals surface area contributed by atoms with Crippen LogP contribution in [-0.4, -0.2) is 0 Å². The molecule has 0 spiro atoms. The summed E-state index contributed by atoms with van der Waals surface area (Å²) in [5, 5.41) is 19.6. The Kier molecular flexibility index (Phi) is 7.66. The van der Waals surface area contributed by atoms with E-state index in [-0.39, 0.29) is 0 Å². The highest BCUT2D eigenvalue weighted by molar-refractivity contribution is 5.85. The molecular formula is C16H18N2. The van der Waals surface area contributed by atoms with Crippen molar-refractivity contribution in [2.24, 2.45) is 0 Å². The van der Waals surface area contributed by atoms with Crippen LogP contribution in [0.5, 0.6) is 0 Å². The van der Waals surface area contributed by atoms with Gasteiger partial charge in [0.2, 0.25) is 0 Å². The first-order chi connectivity index (χ1) is 8.85. The molecule has 0 amide bonds. The molecule has 2 aromatic rings. The lowest BCUT2D eigenvalue weighted by Crippen LogP contribution is -1.83. The zero-order valence-corrected chi connectivity index (χ0v) is 11.4. The van der Waals surface area contributed by atoms with Crippen LogP contribution in [-0.2, 0) is 0 Å². The SMILES string of the molecule is CC.CC.N#Cc1cc2ccccc2cc1C#N. The smallest absolute Gasteiger partial charge is 0.101 e. The van der Waals surface area contributed by atoms with Crippen LogP contribution in [0.25, 0.3) is 10.8 Å². The summed E-state index contributed by atoms with van der Waals surface area (Å²) in [5.41, 5.74) is 0.873. The molecule has 2 heteroatoms. The number of nitriles is 2. The van der Waals surface area contributed by atoms with Gasteiger partial charge in [0.25, 0.3) is 0 Å². The van der Waals surface area contributed by atoms with E-state index in [2.05, 4.69) is 0 Å². The molecule has 0 N–H and O–H groups in total. The second-order valence-electron chi connectivity index (χ2n) is 2.97. The van der Waals surface area contributed by atoms with E-state index in [1.807, 2.05) is 64.1 Å². The first-order valence-electron chi connectivity index (χ1n) is 6.18. The van der Waals surface area contributed by atoms with E-state index in [0.29, 0.717) is 11.1 Å². The zero-order valence-electron chi connectivity index (χ0n) is 11.4. The highest BCUT2D eigenvalue weighted by Gasteiger charge is 2.02. The summed E-state index contributed by atoms with van der Waals surface area (Å²) in [7, 11) is 0. The molecule has 0 saturated carbocycles. The Bertz CT molecular complexity index is 519. The van der Waals surface area contributed by atoms with Crippen molar-refractivity contribution in [2.45, 2.75) is 27.7 Å². The van der Waals surface area contributed by atoms with E-state index in [1.165, 1.54) is 0 Å². The molecule has 0 saturated heterocycles. The van der Waals surface area contributed by atoms with Crippen LogP contribution >= 0.6 is 0 Å². The van der Waals surface area contributed by atoms with Crippen molar-refractivity contribution in [3.05, 3.63) is 47.5 Å². The lowest BCUT2D eigenvalue weighted by atomic mass is 10.0. The summed E-state index contributed by atoms with van der Waals surface area (Å²) >= 11 is 0. The maximum Gasteiger partial charge on any atom is 0.101 e. The minimum atomic E-state index is 0.436. The monoisotopic (exact) mass is 238 g/mol. The molecule has 0 bridgehead atoms. The van der Waals surface area contributed by atoms with Gasteiger partial charge in [-0.25, -0.2) is 0 Å². The van der Waals surface area contributed by atoms with Crippen molar-refractivity contribution in [1.82, 2.24) is 0 Å². The zero-order chi connectivity index (χ0) is 14.0. The van der Waals surface area contributed by atoms with Gasteiger partial charge < -0.3 is 0 Å². The summed E-state index contributed by atoms with van der Waals surface area (Å²) < 4.78 is 0. The highest BCUT2D eigenvalue weighted by atomic mass is 14.3. The number of fused-ring (bicyclic) bond motifs is 1. The molecule has 0 unspecified atom stereocenters. The average molecular weight is 238 g/mol. The predicted octanol–water partition coefficient (Wildman–Crippen LogP) is 4.64. The fourth-order valence-electron chi connectivity index (χ4n) is 1.43. The molecule has 2 rings (SSSR count). The van der Waals surface area contributed by atoms with Crippen molar-refractivity contribution < 1.29 is 0 Å². The molecule has 0 atom stereocenters. The Labute approximate surface area is 109 Å². The number of nitrogens with zero attached hydrogens (tertiary/aromatic N) is 2. The third kappa shape index (κ3) is 3.61.